The summed E-state index contributed by atoms with van der Waals surface area (Å²) in [7, 11) is 0. The number of carbonyl (C=O) groups excluding carboxylic acids is 1. The molecule has 1 nitrogen and oxygen atoms in total. The molecular weight excluding hydrogens is 172 g/mol. The molecule has 0 N–H and O–H groups in total. The van der Waals surface area contributed by atoms with Gasteiger partial charge in [0.2, 0.25) is 6.29 Å². The van der Waals surface area contributed by atoms with Crippen LogP contribution in [0.15, 0.2) is 36.4 Å². The molecule has 2 rings (SSSR count). The molecule has 1 heteroatoms. The first-order valence-electron chi connectivity index (χ1n) is 4.75. The van der Waals surface area contributed by atoms with Gasteiger partial charge in [-0.3, -0.25) is 4.79 Å². The van der Waals surface area contributed by atoms with E-state index in [1.165, 1.54) is 5.56 Å². The van der Waals surface area contributed by atoms with E-state index < -0.39 is 0 Å². The number of rotatable bonds is 2. The Hall–Kier alpha value is -1.63. The van der Waals surface area contributed by atoms with Gasteiger partial charge >= 0.3 is 0 Å². The van der Waals surface area contributed by atoms with Gasteiger partial charge in [0.15, 0.2) is 0 Å². The molecule has 69 valence electrons. The Labute approximate surface area is 83.4 Å². The van der Waals surface area contributed by atoms with Gasteiger partial charge in [0.1, 0.15) is 0 Å². The molecule has 0 bridgehead atoms. The van der Waals surface area contributed by atoms with Crippen molar-refractivity contribution >= 4 is 17.1 Å². The molecule has 0 aliphatic heterocycles. The highest BCUT2D eigenvalue weighted by atomic mass is 16.1. The number of hydrogen-bond donors (Lipinski definition) is 0. The van der Waals surface area contributed by atoms with E-state index in [-0.39, 0.29) is 0 Å². The Morgan fingerprint density at radius 2 is 2.07 bits per heavy atom. The van der Waals surface area contributed by atoms with Gasteiger partial charge in [-0.25, -0.2) is 0 Å². The van der Waals surface area contributed by atoms with Crippen molar-refractivity contribution in [3.05, 3.63) is 47.5 Å². The van der Waals surface area contributed by atoms with Crippen LogP contribution in [0.5, 0.6) is 0 Å². The molecule has 0 atom stereocenters. The average Bonchev–Trinajstić information content (AvgIpc) is 2.27. The summed E-state index contributed by atoms with van der Waals surface area (Å²) < 4.78 is 0. The van der Waals surface area contributed by atoms with Crippen LogP contribution in [0.1, 0.15) is 18.1 Å². The second-order valence-corrected chi connectivity index (χ2v) is 3.32. The van der Waals surface area contributed by atoms with Gasteiger partial charge in [-0.15, -0.1) is 0 Å². The van der Waals surface area contributed by atoms with E-state index in [0.29, 0.717) is 5.56 Å². The molecule has 2 aromatic rings. The monoisotopic (exact) mass is 183 g/mol. The molecule has 2 aromatic carbocycles. The lowest BCUT2D eigenvalue weighted by molar-refractivity contribution is 0.563. The zero-order valence-corrected chi connectivity index (χ0v) is 8.08. The lowest BCUT2D eigenvalue weighted by Gasteiger charge is -2.02. The van der Waals surface area contributed by atoms with E-state index in [2.05, 4.69) is 25.1 Å². The van der Waals surface area contributed by atoms with E-state index in [1.807, 2.05) is 18.4 Å². The third kappa shape index (κ3) is 1.41. The average molecular weight is 183 g/mol. The molecule has 0 heterocycles. The Kier molecular flexibility index (Phi) is 2.32. The minimum absolute atomic E-state index is 0.651. The third-order valence-corrected chi connectivity index (χ3v) is 2.46. The summed E-state index contributed by atoms with van der Waals surface area (Å²) in [6, 6.07) is 11.9. The minimum Gasteiger partial charge on any atom is -0.285 e. The van der Waals surface area contributed by atoms with Crippen LogP contribution in [0.2, 0.25) is 0 Å². The van der Waals surface area contributed by atoms with E-state index in [9.17, 15) is 4.79 Å². The van der Waals surface area contributed by atoms with Crippen molar-refractivity contribution in [3.8, 4) is 0 Å². The molecular formula is C13H11O. The molecule has 0 saturated carbocycles. The third-order valence-electron chi connectivity index (χ3n) is 2.46. The van der Waals surface area contributed by atoms with Crippen molar-refractivity contribution < 1.29 is 4.79 Å². The standard InChI is InChI=1S/C13H11O/c1-2-10-6-7-11-4-3-5-12(9-14)13(11)8-10/h3-8H,2H2,1H3. The number of aryl methyl sites for hydroxylation is 1. The SMILES string of the molecule is CCc1ccc2cccc([C]=O)c2c1. The summed E-state index contributed by atoms with van der Waals surface area (Å²) in [6.07, 6.45) is 2.96. The van der Waals surface area contributed by atoms with Crippen molar-refractivity contribution in [2.75, 3.05) is 0 Å². The highest BCUT2D eigenvalue weighted by molar-refractivity contribution is 5.98. The van der Waals surface area contributed by atoms with Crippen molar-refractivity contribution in [2.45, 2.75) is 13.3 Å². The van der Waals surface area contributed by atoms with Gasteiger partial charge in [0.05, 0.1) is 0 Å². The Morgan fingerprint density at radius 1 is 1.21 bits per heavy atom. The first kappa shape index (κ1) is 8.95. The van der Waals surface area contributed by atoms with Gasteiger partial charge in [0, 0.05) is 5.56 Å². The van der Waals surface area contributed by atoms with Gasteiger partial charge in [-0.2, -0.15) is 0 Å². The molecule has 14 heavy (non-hydrogen) atoms. The first-order valence-corrected chi connectivity index (χ1v) is 4.75. The summed E-state index contributed by atoms with van der Waals surface area (Å²) >= 11 is 0. The summed E-state index contributed by atoms with van der Waals surface area (Å²) in [4.78, 5) is 10.7. The summed E-state index contributed by atoms with van der Waals surface area (Å²) in [5, 5.41) is 2.10. The zero-order chi connectivity index (χ0) is 9.97. The topological polar surface area (TPSA) is 17.1 Å². The first-order chi connectivity index (χ1) is 6.85. The van der Waals surface area contributed by atoms with E-state index >= 15 is 0 Å². The number of fused-ring (bicyclic) bond motifs is 1. The Bertz CT molecular complexity index is 472. The second-order valence-electron chi connectivity index (χ2n) is 3.32. The highest BCUT2D eigenvalue weighted by Crippen LogP contribution is 2.19. The molecule has 1 radical (unpaired) electrons. The Balaban J connectivity index is 2.76. The molecule has 0 unspecified atom stereocenters. The lowest BCUT2D eigenvalue weighted by atomic mass is 10.0. The molecule has 0 saturated heterocycles. The van der Waals surface area contributed by atoms with Crippen LogP contribution in [0, 0.1) is 0 Å². The summed E-state index contributed by atoms with van der Waals surface area (Å²) in [6.45, 7) is 2.11. The van der Waals surface area contributed by atoms with Gasteiger partial charge in [-0.1, -0.05) is 43.3 Å². The van der Waals surface area contributed by atoms with Crippen molar-refractivity contribution in [1.29, 1.82) is 0 Å². The number of hydrogen-bond acceptors (Lipinski definition) is 1. The molecule has 0 fully saturated rings. The number of benzene rings is 2. The van der Waals surface area contributed by atoms with Gasteiger partial charge in [-0.05, 0) is 22.8 Å². The predicted octanol–water partition coefficient (Wildman–Crippen LogP) is 2.86. The van der Waals surface area contributed by atoms with Gasteiger partial charge < -0.3 is 0 Å². The normalized spacial score (nSPS) is 10.4. The lowest BCUT2D eigenvalue weighted by Crippen LogP contribution is -1.86. The minimum atomic E-state index is 0.651. The molecule has 0 spiro atoms. The summed E-state index contributed by atoms with van der Waals surface area (Å²) in [5.41, 5.74) is 1.90. The fraction of sp³-hybridized carbons (Fsp3) is 0.154. The maximum Gasteiger partial charge on any atom is 0.234 e. The van der Waals surface area contributed by atoms with E-state index in [0.717, 1.165) is 17.2 Å². The predicted molar refractivity (Wildman–Crippen MR) is 58.1 cm³/mol. The van der Waals surface area contributed by atoms with Gasteiger partial charge in [0.25, 0.3) is 0 Å². The van der Waals surface area contributed by atoms with Crippen LogP contribution >= 0.6 is 0 Å². The van der Waals surface area contributed by atoms with E-state index in [1.54, 1.807) is 6.07 Å². The van der Waals surface area contributed by atoms with Crippen molar-refractivity contribution in [3.63, 3.8) is 0 Å². The molecule has 0 aromatic heterocycles. The van der Waals surface area contributed by atoms with Crippen LogP contribution in [-0.2, 0) is 11.2 Å². The smallest absolute Gasteiger partial charge is 0.234 e. The Morgan fingerprint density at radius 3 is 2.79 bits per heavy atom. The quantitative estimate of drug-likeness (QED) is 0.699. The largest absolute Gasteiger partial charge is 0.285 e. The van der Waals surface area contributed by atoms with Crippen LogP contribution in [0.4, 0.5) is 0 Å². The maximum absolute atomic E-state index is 10.7. The zero-order valence-electron chi connectivity index (χ0n) is 8.08. The summed E-state index contributed by atoms with van der Waals surface area (Å²) in [5.74, 6) is 0. The highest BCUT2D eigenvalue weighted by Gasteiger charge is 2.00. The molecule has 0 aliphatic rings. The second kappa shape index (κ2) is 3.62. The van der Waals surface area contributed by atoms with Crippen LogP contribution in [0.3, 0.4) is 0 Å². The fourth-order valence-electron chi connectivity index (χ4n) is 1.63. The fourth-order valence-corrected chi connectivity index (χ4v) is 1.63. The van der Waals surface area contributed by atoms with Crippen molar-refractivity contribution in [2.24, 2.45) is 0 Å². The van der Waals surface area contributed by atoms with E-state index in [4.69, 9.17) is 0 Å². The van der Waals surface area contributed by atoms with Crippen LogP contribution < -0.4 is 0 Å². The maximum atomic E-state index is 10.7. The molecule has 0 amide bonds. The van der Waals surface area contributed by atoms with Crippen LogP contribution in [0.25, 0.3) is 10.8 Å². The molecule has 0 aliphatic carbocycles. The van der Waals surface area contributed by atoms with Crippen molar-refractivity contribution in [1.82, 2.24) is 0 Å². The van der Waals surface area contributed by atoms with Crippen LogP contribution in [-0.4, -0.2) is 6.29 Å².